The van der Waals surface area contributed by atoms with Crippen LogP contribution >= 0.6 is 0 Å². The average molecular weight is 282 g/mol. The van der Waals surface area contributed by atoms with Gasteiger partial charge in [-0.25, -0.2) is 0 Å². The maximum Gasteiger partial charge on any atom is 0.186 e. The van der Waals surface area contributed by atoms with Crippen molar-refractivity contribution in [2.24, 2.45) is 0 Å². The third-order valence-electron chi connectivity index (χ3n) is 2.97. The molecule has 2 aromatic carbocycles. The highest BCUT2D eigenvalue weighted by Crippen LogP contribution is 2.22. The van der Waals surface area contributed by atoms with Crippen molar-refractivity contribution >= 4 is 15.3 Å². The maximum atomic E-state index is 5.97. The second kappa shape index (κ2) is 6.68. The Morgan fingerprint density at radius 1 is 0.850 bits per heavy atom. The molecule has 2 rings (SSSR count). The Kier molecular flexibility index (Phi) is 4.93. The Morgan fingerprint density at radius 2 is 1.30 bits per heavy atom. The molecule has 0 amide bonds. The van der Waals surface area contributed by atoms with Gasteiger partial charge in [-0.15, -0.1) is 0 Å². The summed E-state index contributed by atoms with van der Waals surface area (Å²) in [5.74, 6) is 0. The zero-order valence-corrected chi connectivity index (χ0v) is 13.9. The molecule has 0 aliphatic heterocycles. The molecular formula is C18H22OSi. The van der Waals surface area contributed by atoms with E-state index in [0.717, 1.165) is 0 Å². The van der Waals surface area contributed by atoms with Crippen LogP contribution in [-0.4, -0.2) is 15.4 Å². The minimum absolute atomic E-state index is 0.0544. The minimum atomic E-state index is -0.690. The summed E-state index contributed by atoms with van der Waals surface area (Å²) in [4.78, 5) is 0. The third kappa shape index (κ3) is 4.48. The molecule has 2 aromatic rings. The molecule has 0 radical (unpaired) electrons. The topological polar surface area (TPSA) is 9.23 Å². The lowest BCUT2D eigenvalue weighted by atomic mass is 10.00. The van der Waals surface area contributed by atoms with Crippen molar-refractivity contribution in [1.29, 1.82) is 0 Å². The summed E-state index contributed by atoms with van der Waals surface area (Å²) in [5.41, 5.74) is 6.03. The Morgan fingerprint density at radius 3 is 1.70 bits per heavy atom. The highest BCUT2D eigenvalue weighted by molar-refractivity contribution is 6.37. The van der Waals surface area contributed by atoms with Gasteiger partial charge in [0.05, 0.1) is 0 Å². The lowest BCUT2D eigenvalue weighted by Crippen LogP contribution is -2.21. The van der Waals surface area contributed by atoms with E-state index in [2.05, 4.69) is 87.1 Å². The molecule has 0 atom stereocenters. The molecule has 0 fully saturated rings. The highest BCUT2D eigenvalue weighted by atomic mass is 28.2. The first-order valence-corrected chi connectivity index (χ1v) is 8.40. The van der Waals surface area contributed by atoms with Crippen LogP contribution in [0.1, 0.15) is 31.9 Å². The van der Waals surface area contributed by atoms with Gasteiger partial charge in [0, 0.05) is 5.60 Å². The van der Waals surface area contributed by atoms with Crippen molar-refractivity contribution in [3.05, 3.63) is 77.5 Å². The molecular weight excluding hydrogens is 260 g/mol. The first-order valence-electron chi connectivity index (χ1n) is 7.01. The summed E-state index contributed by atoms with van der Waals surface area (Å²) in [6.07, 6.45) is 0. The summed E-state index contributed by atoms with van der Waals surface area (Å²) in [6, 6.07) is 21.1. The van der Waals surface area contributed by atoms with E-state index < -0.39 is 9.76 Å². The lowest BCUT2D eigenvalue weighted by molar-refractivity contribution is 0.141. The van der Waals surface area contributed by atoms with E-state index in [-0.39, 0.29) is 5.60 Å². The largest absolute Gasteiger partial charge is 0.415 e. The van der Waals surface area contributed by atoms with Crippen LogP contribution in [0.25, 0.3) is 5.57 Å². The summed E-state index contributed by atoms with van der Waals surface area (Å²) in [7, 11) is -0.690. The first kappa shape index (κ1) is 14.8. The fourth-order valence-electron chi connectivity index (χ4n) is 2.01. The molecule has 0 bridgehead atoms. The zero-order valence-electron chi connectivity index (χ0n) is 12.5. The van der Waals surface area contributed by atoms with Crippen molar-refractivity contribution in [1.82, 2.24) is 0 Å². The van der Waals surface area contributed by atoms with Crippen molar-refractivity contribution < 1.29 is 4.43 Å². The summed E-state index contributed by atoms with van der Waals surface area (Å²) >= 11 is 0. The summed E-state index contributed by atoms with van der Waals surface area (Å²) < 4.78 is 5.97. The van der Waals surface area contributed by atoms with Gasteiger partial charge >= 0.3 is 0 Å². The monoisotopic (exact) mass is 282 g/mol. The van der Waals surface area contributed by atoms with E-state index in [9.17, 15) is 0 Å². The summed E-state index contributed by atoms with van der Waals surface area (Å²) in [6.45, 7) is 6.33. The van der Waals surface area contributed by atoms with E-state index in [0.29, 0.717) is 0 Å². The number of rotatable bonds is 4. The predicted molar refractivity (Wildman–Crippen MR) is 89.3 cm³/mol. The van der Waals surface area contributed by atoms with E-state index in [1.165, 1.54) is 16.7 Å². The van der Waals surface area contributed by atoms with Gasteiger partial charge in [0.2, 0.25) is 0 Å². The molecule has 0 spiro atoms. The van der Waals surface area contributed by atoms with Crippen molar-refractivity contribution in [3.63, 3.8) is 0 Å². The normalized spacial score (nSPS) is 11.8. The maximum absolute atomic E-state index is 5.97. The Hall–Kier alpha value is -1.64. The highest BCUT2D eigenvalue weighted by Gasteiger charge is 2.09. The van der Waals surface area contributed by atoms with Crippen LogP contribution in [0.3, 0.4) is 0 Å². The Labute approximate surface area is 124 Å². The van der Waals surface area contributed by atoms with E-state index in [4.69, 9.17) is 4.43 Å². The van der Waals surface area contributed by atoms with Gasteiger partial charge in [-0.1, -0.05) is 66.4 Å². The van der Waals surface area contributed by atoms with Crippen LogP contribution in [0.2, 0.25) is 0 Å². The molecule has 20 heavy (non-hydrogen) atoms. The second-order valence-corrected chi connectivity index (χ2v) is 6.80. The van der Waals surface area contributed by atoms with E-state index in [1.807, 2.05) is 0 Å². The van der Waals surface area contributed by atoms with Crippen LogP contribution < -0.4 is 0 Å². The lowest BCUT2D eigenvalue weighted by Gasteiger charge is -2.19. The Bertz CT molecular complexity index is 511. The van der Waals surface area contributed by atoms with Crippen molar-refractivity contribution in [2.75, 3.05) is 0 Å². The van der Waals surface area contributed by atoms with Crippen LogP contribution in [0.4, 0.5) is 0 Å². The number of benzene rings is 2. The molecule has 0 saturated heterocycles. The van der Waals surface area contributed by atoms with Crippen LogP contribution in [0.5, 0.6) is 0 Å². The first-order chi connectivity index (χ1) is 9.56. The molecule has 104 valence electrons. The molecule has 0 N–H and O–H groups in total. The van der Waals surface area contributed by atoms with Gasteiger partial charge in [0.1, 0.15) is 0 Å². The van der Waals surface area contributed by atoms with Crippen LogP contribution in [-0.2, 0) is 4.43 Å². The predicted octanol–water partition coefficient (Wildman–Crippen LogP) is 3.97. The van der Waals surface area contributed by atoms with Gasteiger partial charge in [-0.2, -0.15) is 0 Å². The smallest absolute Gasteiger partial charge is 0.186 e. The second-order valence-electron chi connectivity index (χ2n) is 5.77. The van der Waals surface area contributed by atoms with Crippen LogP contribution in [0, 0.1) is 0 Å². The van der Waals surface area contributed by atoms with Gasteiger partial charge in [-0.3, -0.25) is 0 Å². The molecule has 0 saturated carbocycles. The van der Waals surface area contributed by atoms with E-state index >= 15 is 0 Å². The molecule has 1 nitrogen and oxygen atoms in total. The van der Waals surface area contributed by atoms with Gasteiger partial charge in [0.15, 0.2) is 9.76 Å². The van der Waals surface area contributed by atoms with Crippen molar-refractivity contribution in [2.45, 2.75) is 26.4 Å². The van der Waals surface area contributed by atoms with Gasteiger partial charge in [-0.05, 0) is 37.5 Å². The SMILES string of the molecule is CC(C)(C)O[SiH2]C=C(c1ccccc1)c1ccccc1. The number of hydrogen-bond donors (Lipinski definition) is 0. The summed E-state index contributed by atoms with van der Waals surface area (Å²) in [5, 5.41) is 0. The fraction of sp³-hybridized carbons (Fsp3) is 0.222. The molecule has 0 aliphatic carbocycles. The fourth-order valence-corrected chi connectivity index (χ4v) is 3.23. The van der Waals surface area contributed by atoms with Crippen LogP contribution in [0.15, 0.2) is 66.4 Å². The molecule has 0 aliphatic rings. The standard InChI is InChI=1S/C18H22OSi/c1-18(2,3)19-20-14-17(15-10-6-4-7-11-15)16-12-8-5-9-13-16/h4-14H,20H2,1-3H3. The molecule has 2 heteroatoms. The zero-order chi connectivity index (χ0) is 14.4. The van der Waals surface area contributed by atoms with E-state index in [1.54, 1.807) is 0 Å². The number of hydrogen-bond acceptors (Lipinski definition) is 1. The molecule has 0 aromatic heterocycles. The Balaban J connectivity index is 2.28. The molecule has 0 unspecified atom stereocenters. The van der Waals surface area contributed by atoms with Crippen molar-refractivity contribution in [3.8, 4) is 0 Å². The van der Waals surface area contributed by atoms with Gasteiger partial charge < -0.3 is 4.43 Å². The molecule has 0 heterocycles. The van der Waals surface area contributed by atoms with Gasteiger partial charge in [0.25, 0.3) is 0 Å². The minimum Gasteiger partial charge on any atom is -0.415 e. The quantitative estimate of drug-likeness (QED) is 0.771. The average Bonchev–Trinajstić information content (AvgIpc) is 2.44. The third-order valence-corrected chi connectivity index (χ3v) is 4.58.